The van der Waals surface area contributed by atoms with Crippen LogP contribution in [-0.4, -0.2) is 18.6 Å². The lowest BCUT2D eigenvalue weighted by Gasteiger charge is -2.21. The van der Waals surface area contributed by atoms with Gasteiger partial charge in [0, 0.05) is 0 Å². The van der Waals surface area contributed by atoms with E-state index in [1.807, 2.05) is 0 Å². The Morgan fingerprint density at radius 1 is 1.33 bits per heavy atom. The highest BCUT2D eigenvalue weighted by Crippen LogP contribution is 2.19. The van der Waals surface area contributed by atoms with E-state index < -0.39 is 0 Å². The number of halogens is 1. The van der Waals surface area contributed by atoms with Crippen LogP contribution < -0.4 is 5.73 Å². The Morgan fingerprint density at radius 3 is 2.42 bits per heavy atom. The molecular formula is C8H16ClNO2. The van der Waals surface area contributed by atoms with E-state index in [4.69, 9.17) is 10.5 Å². The summed E-state index contributed by atoms with van der Waals surface area (Å²) in [5, 5.41) is 0. The Labute approximate surface area is 79.1 Å². The van der Waals surface area contributed by atoms with Gasteiger partial charge in [-0.3, -0.25) is 4.79 Å². The maximum atomic E-state index is 10.7. The molecule has 0 aromatic rings. The summed E-state index contributed by atoms with van der Waals surface area (Å²) in [6.07, 6.45) is 5.83. The molecule has 0 atom stereocenters. The molecule has 0 heterocycles. The van der Waals surface area contributed by atoms with Crippen LogP contribution in [0.4, 0.5) is 0 Å². The molecule has 0 aromatic carbocycles. The Balaban J connectivity index is 0.00000121. The van der Waals surface area contributed by atoms with Gasteiger partial charge >= 0.3 is 5.97 Å². The fourth-order valence-electron chi connectivity index (χ4n) is 1.42. The minimum absolute atomic E-state index is 0. The normalized spacial score (nSPS) is 18.1. The van der Waals surface area contributed by atoms with Crippen molar-refractivity contribution in [3.8, 4) is 0 Å². The number of hydrogen-bond donors (Lipinski definition) is 1. The van der Waals surface area contributed by atoms with Crippen molar-refractivity contribution in [3.05, 3.63) is 0 Å². The van der Waals surface area contributed by atoms with Crippen molar-refractivity contribution >= 4 is 18.4 Å². The summed E-state index contributed by atoms with van der Waals surface area (Å²) in [7, 11) is 0. The second-order valence-corrected chi connectivity index (χ2v) is 2.95. The molecule has 12 heavy (non-hydrogen) atoms. The average molecular weight is 194 g/mol. The van der Waals surface area contributed by atoms with Gasteiger partial charge in [0.25, 0.3) is 0 Å². The zero-order chi connectivity index (χ0) is 8.10. The molecule has 72 valence electrons. The van der Waals surface area contributed by atoms with Gasteiger partial charge in [-0.15, -0.1) is 12.4 Å². The number of rotatable bonds is 2. The van der Waals surface area contributed by atoms with Gasteiger partial charge in [0.1, 0.15) is 6.10 Å². The predicted molar refractivity (Wildman–Crippen MR) is 49.3 cm³/mol. The standard InChI is InChI=1S/C8H15NO2.ClH/c9-6-8(10)11-7-4-2-1-3-5-7;/h7H,1-6,9H2;1H. The molecule has 0 saturated heterocycles. The van der Waals surface area contributed by atoms with E-state index in [1.54, 1.807) is 0 Å². The highest BCUT2D eigenvalue weighted by molar-refractivity contribution is 5.85. The van der Waals surface area contributed by atoms with Crippen molar-refractivity contribution in [1.82, 2.24) is 0 Å². The molecule has 1 saturated carbocycles. The van der Waals surface area contributed by atoms with Gasteiger partial charge in [0.2, 0.25) is 0 Å². The van der Waals surface area contributed by atoms with Crippen LogP contribution in [-0.2, 0) is 9.53 Å². The number of ether oxygens (including phenoxy) is 1. The second-order valence-electron chi connectivity index (χ2n) is 2.95. The van der Waals surface area contributed by atoms with Gasteiger partial charge in [0.15, 0.2) is 0 Å². The lowest BCUT2D eigenvalue weighted by Crippen LogP contribution is -2.25. The van der Waals surface area contributed by atoms with Crippen molar-refractivity contribution in [2.45, 2.75) is 38.2 Å². The van der Waals surface area contributed by atoms with Crippen molar-refractivity contribution in [2.24, 2.45) is 5.73 Å². The molecule has 3 nitrogen and oxygen atoms in total. The fraction of sp³-hybridized carbons (Fsp3) is 0.875. The first-order valence-corrected chi connectivity index (χ1v) is 4.22. The zero-order valence-corrected chi connectivity index (χ0v) is 7.94. The molecule has 0 aromatic heterocycles. The molecule has 0 amide bonds. The second kappa shape index (κ2) is 6.26. The molecule has 0 spiro atoms. The zero-order valence-electron chi connectivity index (χ0n) is 7.12. The van der Waals surface area contributed by atoms with E-state index in [9.17, 15) is 4.79 Å². The molecule has 1 aliphatic rings. The van der Waals surface area contributed by atoms with Crippen molar-refractivity contribution in [1.29, 1.82) is 0 Å². The Morgan fingerprint density at radius 2 is 1.92 bits per heavy atom. The summed E-state index contributed by atoms with van der Waals surface area (Å²) in [4.78, 5) is 10.7. The minimum atomic E-state index is -0.267. The van der Waals surface area contributed by atoms with Crippen LogP contribution in [0.5, 0.6) is 0 Å². The Bertz CT molecular complexity index is 135. The molecule has 0 radical (unpaired) electrons. The van der Waals surface area contributed by atoms with Crippen LogP contribution in [0.2, 0.25) is 0 Å². The van der Waals surface area contributed by atoms with Crippen LogP contribution in [0, 0.1) is 0 Å². The molecule has 1 aliphatic carbocycles. The summed E-state index contributed by atoms with van der Waals surface area (Å²) in [5.41, 5.74) is 5.11. The highest BCUT2D eigenvalue weighted by atomic mass is 35.5. The Hall–Kier alpha value is -0.280. The van der Waals surface area contributed by atoms with E-state index in [0.717, 1.165) is 12.8 Å². The Kier molecular flexibility index (Phi) is 6.11. The van der Waals surface area contributed by atoms with Crippen molar-refractivity contribution in [3.63, 3.8) is 0 Å². The summed E-state index contributed by atoms with van der Waals surface area (Å²) >= 11 is 0. The van der Waals surface area contributed by atoms with E-state index in [1.165, 1.54) is 19.3 Å². The molecule has 1 fully saturated rings. The molecular weight excluding hydrogens is 178 g/mol. The van der Waals surface area contributed by atoms with Gasteiger partial charge in [-0.1, -0.05) is 6.42 Å². The molecule has 4 heteroatoms. The van der Waals surface area contributed by atoms with Crippen LogP contribution in [0.3, 0.4) is 0 Å². The lowest BCUT2D eigenvalue weighted by atomic mass is 9.98. The topological polar surface area (TPSA) is 52.3 Å². The molecule has 1 rings (SSSR count). The van der Waals surface area contributed by atoms with Crippen LogP contribution >= 0.6 is 12.4 Å². The van der Waals surface area contributed by atoms with E-state index in [0.29, 0.717) is 0 Å². The third-order valence-corrected chi connectivity index (χ3v) is 2.02. The SMILES string of the molecule is Cl.NCC(=O)OC1CCCCC1. The fourth-order valence-corrected chi connectivity index (χ4v) is 1.42. The summed E-state index contributed by atoms with van der Waals surface area (Å²) in [6, 6.07) is 0. The summed E-state index contributed by atoms with van der Waals surface area (Å²) in [5.74, 6) is -0.267. The van der Waals surface area contributed by atoms with Gasteiger partial charge in [-0.05, 0) is 25.7 Å². The summed E-state index contributed by atoms with van der Waals surface area (Å²) < 4.78 is 5.08. The van der Waals surface area contributed by atoms with Crippen LogP contribution in [0.25, 0.3) is 0 Å². The van der Waals surface area contributed by atoms with Crippen molar-refractivity contribution in [2.75, 3.05) is 6.54 Å². The first-order valence-electron chi connectivity index (χ1n) is 4.22. The number of hydrogen-bond acceptors (Lipinski definition) is 3. The maximum Gasteiger partial charge on any atom is 0.319 e. The number of nitrogens with two attached hydrogens (primary N) is 1. The average Bonchev–Trinajstić information content (AvgIpc) is 2.06. The summed E-state index contributed by atoms with van der Waals surface area (Å²) in [6.45, 7) is 0.0104. The minimum Gasteiger partial charge on any atom is -0.461 e. The van der Waals surface area contributed by atoms with Gasteiger partial charge < -0.3 is 10.5 Å². The van der Waals surface area contributed by atoms with Crippen LogP contribution in [0.15, 0.2) is 0 Å². The van der Waals surface area contributed by atoms with Crippen molar-refractivity contribution < 1.29 is 9.53 Å². The lowest BCUT2D eigenvalue weighted by molar-refractivity contribution is -0.148. The predicted octanol–water partition coefficient (Wildman–Crippen LogP) is 1.24. The largest absolute Gasteiger partial charge is 0.461 e. The maximum absolute atomic E-state index is 10.7. The molecule has 0 aliphatic heterocycles. The number of carbonyl (C=O) groups is 1. The quantitative estimate of drug-likeness (QED) is 0.672. The number of carbonyl (C=O) groups excluding carboxylic acids is 1. The highest BCUT2D eigenvalue weighted by Gasteiger charge is 2.16. The van der Waals surface area contributed by atoms with Gasteiger partial charge in [-0.2, -0.15) is 0 Å². The van der Waals surface area contributed by atoms with Gasteiger partial charge in [-0.25, -0.2) is 0 Å². The monoisotopic (exact) mass is 193 g/mol. The number of esters is 1. The third kappa shape index (κ3) is 3.93. The first-order chi connectivity index (χ1) is 5.33. The first kappa shape index (κ1) is 11.7. The van der Waals surface area contributed by atoms with Crippen LogP contribution in [0.1, 0.15) is 32.1 Å². The smallest absolute Gasteiger partial charge is 0.319 e. The van der Waals surface area contributed by atoms with E-state index in [2.05, 4.69) is 0 Å². The molecule has 0 bridgehead atoms. The van der Waals surface area contributed by atoms with E-state index >= 15 is 0 Å². The molecule has 0 unspecified atom stereocenters. The molecule has 2 N–H and O–H groups in total. The van der Waals surface area contributed by atoms with Gasteiger partial charge in [0.05, 0.1) is 6.54 Å². The third-order valence-electron chi connectivity index (χ3n) is 2.02. The van der Waals surface area contributed by atoms with E-state index in [-0.39, 0.29) is 31.0 Å².